The number of carbonyl (C=O) groups excluding carboxylic acids is 1. The Kier molecular flexibility index (Phi) is 5.14. The van der Waals surface area contributed by atoms with Crippen molar-refractivity contribution in [1.29, 1.82) is 0 Å². The molecule has 2 heterocycles. The predicted octanol–water partition coefficient (Wildman–Crippen LogP) is 0.243. The average Bonchev–Trinajstić information content (AvgIpc) is 2.91. The van der Waals surface area contributed by atoms with Crippen LogP contribution in [0.4, 0.5) is 0 Å². The van der Waals surface area contributed by atoms with Crippen molar-refractivity contribution in [3.05, 3.63) is 12.2 Å². The number of amides is 1. The number of aromatic nitrogens is 3. The van der Waals surface area contributed by atoms with Crippen molar-refractivity contribution < 1.29 is 4.79 Å². The highest BCUT2D eigenvalue weighted by molar-refractivity contribution is 5.75. The summed E-state index contributed by atoms with van der Waals surface area (Å²) < 4.78 is 0. The van der Waals surface area contributed by atoms with Gasteiger partial charge in [0.25, 0.3) is 0 Å². The molecule has 1 aromatic heterocycles. The van der Waals surface area contributed by atoms with Crippen LogP contribution in [0.1, 0.15) is 31.5 Å². The first-order chi connectivity index (χ1) is 8.84. The molecule has 100 valence electrons. The fourth-order valence-electron chi connectivity index (χ4n) is 2.27. The highest BCUT2D eigenvalue weighted by atomic mass is 16.1. The van der Waals surface area contributed by atoms with Gasteiger partial charge in [-0.05, 0) is 38.3 Å². The van der Waals surface area contributed by atoms with E-state index in [1.54, 1.807) is 0 Å². The number of hydrogen-bond acceptors (Lipinski definition) is 4. The molecule has 0 saturated carbocycles. The number of nitrogens with zero attached hydrogens (tertiary/aromatic N) is 2. The first-order valence-corrected chi connectivity index (χ1v) is 6.66. The molecule has 18 heavy (non-hydrogen) atoms. The molecule has 6 heteroatoms. The van der Waals surface area contributed by atoms with Crippen LogP contribution >= 0.6 is 0 Å². The smallest absolute Gasteiger partial charge is 0.220 e. The lowest BCUT2D eigenvalue weighted by atomic mass is 9.94. The summed E-state index contributed by atoms with van der Waals surface area (Å²) >= 11 is 0. The average molecular weight is 251 g/mol. The van der Waals surface area contributed by atoms with E-state index in [0.29, 0.717) is 25.3 Å². The highest BCUT2D eigenvalue weighted by Gasteiger charge is 2.14. The molecule has 1 aromatic rings. The number of H-pyrrole nitrogens is 1. The first kappa shape index (κ1) is 13.0. The molecule has 3 N–H and O–H groups in total. The van der Waals surface area contributed by atoms with Crippen molar-refractivity contribution in [2.45, 2.75) is 32.1 Å². The highest BCUT2D eigenvalue weighted by Crippen LogP contribution is 2.15. The van der Waals surface area contributed by atoms with E-state index in [1.807, 2.05) is 0 Å². The zero-order valence-electron chi connectivity index (χ0n) is 10.6. The SMILES string of the molecule is O=C(CCC1CCCNC1)NCCc1ncn[nH]1. The van der Waals surface area contributed by atoms with Crippen LogP contribution in [-0.4, -0.2) is 40.7 Å². The fraction of sp³-hybridized carbons (Fsp3) is 0.750. The molecule has 0 spiro atoms. The van der Waals surface area contributed by atoms with Gasteiger partial charge in [0.2, 0.25) is 5.91 Å². The molecule has 1 amide bonds. The van der Waals surface area contributed by atoms with Crippen molar-refractivity contribution in [3.8, 4) is 0 Å². The molecule has 1 aliphatic rings. The minimum Gasteiger partial charge on any atom is -0.356 e. The van der Waals surface area contributed by atoms with E-state index in [4.69, 9.17) is 0 Å². The molecule has 2 rings (SSSR count). The lowest BCUT2D eigenvalue weighted by Gasteiger charge is -2.22. The maximum Gasteiger partial charge on any atom is 0.220 e. The monoisotopic (exact) mass is 251 g/mol. The Balaban J connectivity index is 1.54. The maximum atomic E-state index is 11.6. The van der Waals surface area contributed by atoms with E-state index >= 15 is 0 Å². The Morgan fingerprint density at radius 2 is 2.50 bits per heavy atom. The molecule has 0 radical (unpaired) electrons. The Morgan fingerprint density at radius 1 is 1.56 bits per heavy atom. The van der Waals surface area contributed by atoms with Crippen molar-refractivity contribution in [2.24, 2.45) is 5.92 Å². The molecule has 1 atom stereocenters. The zero-order chi connectivity index (χ0) is 12.6. The zero-order valence-corrected chi connectivity index (χ0v) is 10.6. The van der Waals surface area contributed by atoms with Gasteiger partial charge in [-0.3, -0.25) is 9.89 Å². The molecule has 0 aliphatic carbocycles. The molecule has 1 aliphatic heterocycles. The lowest BCUT2D eigenvalue weighted by molar-refractivity contribution is -0.121. The van der Waals surface area contributed by atoms with Gasteiger partial charge in [-0.15, -0.1) is 0 Å². The standard InChI is InChI=1S/C12H21N5O/c18-12(4-3-10-2-1-6-13-8-10)14-7-5-11-15-9-16-17-11/h9-10,13H,1-8H2,(H,14,18)(H,15,16,17). The molecule has 6 nitrogen and oxygen atoms in total. The molecule has 0 aromatic carbocycles. The van der Waals surface area contributed by atoms with E-state index < -0.39 is 0 Å². The quantitative estimate of drug-likeness (QED) is 0.676. The predicted molar refractivity (Wildman–Crippen MR) is 67.9 cm³/mol. The largest absolute Gasteiger partial charge is 0.356 e. The third-order valence-electron chi connectivity index (χ3n) is 3.33. The summed E-state index contributed by atoms with van der Waals surface area (Å²) in [7, 11) is 0. The van der Waals surface area contributed by atoms with Gasteiger partial charge in [0.05, 0.1) is 0 Å². The third-order valence-corrected chi connectivity index (χ3v) is 3.33. The van der Waals surface area contributed by atoms with Crippen molar-refractivity contribution in [2.75, 3.05) is 19.6 Å². The van der Waals surface area contributed by atoms with Crippen LogP contribution < -0.4 is 10.6 Å². The Labute approximate surface area is 107 Å². The van der Waals surface area contributed by atoms with E-state index in [-0.39, 0.29) is 5.91 Å². The number of carbonyl (C=O) groups is 1. The summed E-state index contributed by atoms with van der Waals surface area (Å²) in [5.74, 6) is 1.62. The molecular weight excluding hydrogens is 230 g/mol. The topological polar surface area (TPSA) is 82.7 Å². The molecular formula is C12H21N5O. The lowest BCUT2D eigenvalue weighted by Crippen LogP contribution is -2.31. The van der Waals surface area contributed by atoms with Crippen molar-refractivity contribution >= 4 is 5.91 Å². The van der Waals surface area contributed by atoms with Crippen molar-refractivity contribution in [3.63, 3.8) is 0 Å². The minimum absolute atomic E-state index is 0.139. The second kappa shape index (κ2) is 7.10. The second-order valence-electron chi connectivity index (χ2n) is 4.78. The van der Waals surface area contributed by atoms with Gasteiger partial charge in [0.15, 0.2) is 0 Å². The number of piperidine rings is 1. The number of aromatic amines is 1. The van der Waals surface area contributed by atoms with Crippen molar-refractivity contribution in [1.82, 2.24) is 25.8 Å². The summed E-state index contributed by atoms with van der Waals surface area (Å²) in [6, 6.07) is 0. The van der Waals surface area contributed by atoms with Crippen LogP contribution in [0.3, 0.4) is 0 Å². The first-order valence-electron chi connectivity index (χ1n) is 6.66. The number of rotatable bonds is 6. The number of nitrogens with one attached hydrogen (secondary N) is 3. The van der Waals surface area contributed by atoms with E-state index in [9.17, 15) is 4.79 Å². The van der Waals surface area contributed by atoms with Crippen LogP contribution in [0.2, 0.25) is 0 Å². The molecule has 0 bridgehead atoms. The van der Waals surface area contributed by atoms with E-state index in [0.717, 1.165) is 25.3 Å². The molecule has 1 fully saturated rings. The third kappa shape index (κ3) is 4.44. The van der Waals surface area contributed by atoms with Gasteiger partial charge in [0.1, 0.15) is 12.2 Å². The summed E-state index contributed by atoms with van der Waals surface area (Å²) in [6.45, 7) is 2.81. The van der Waals surface area contributed by atoms with E-state index in [1.165, 1.54) is 19.2 Å². The summed E-state index contributed by atoms with van der Waals surface area (Å²) in [4.78, 5) is 15.6. The normalized spacial score (nSPS) is 19.7. The number of hydrogen-bond donors (Lipinski definition) is 3. The van der Waals surface area contributed by atoms with Gasteiger partial charge in [-0.1, -0.05) is 0 Å². The second-order valence-corrected chi connectivity index (χ2v) is 4.78. The Hall–Kier alpha value is -1.43. The van der Waals surface area contributed by atoms with Gasteiger partial charge in [0, 0.05) is 19.4 Å². The minimum atomic E-state index is 0.139. The summed E-state index contributed by atoms with van der Waals surface area (Å²) in [6.07, 6.45) is 6.28. The van der Waals surface area contributed by atoms with Gasteiger partial charge in [-0.2, -0.15) is 5.10 Å². The van der Waals surface area contributed by atoms with Gasteiger partial charge >= 0.3 is 0 Å². The van der Waals surface area contributed by atoms with Gasteiger partial charge in [-0.25, -0.2) is 4.98 Å². The fourth-order valence-corrected chi connectivity index (χ4v) is 2.27. The van der Waals surface area contributed by atoms with E-state index in [2.05, 4.69) is 25.8 Å². The summed E-state index contributed by atoms with van der Waals surface area (Å²) in [5, 5.41) is 12.8. The van der Waals surface area contributed by atoms with Crippen LogP contribution in [0.5, 0.6) is 0 Å². The maximum absolute atomic E-state index is 11.6. The molecule has 1 saturated heterocycles. The summed E-state index contributed by atoms with van der Waals surface area (Å²) in [5.41, 5.74) is 0. The van der Waals surface area contributed by atoms with Gasteiger partial charge < -0.3 is 10.6 Å². The molecule has 1 unspecified atom stereocenters. The Morgan fingerprint density at radius 3 is 3.22 bits per heavy atom. The van der Waals surface area contributed by atoms with Crippen LogP contribution in [-0.2, 0) is 11.2 Å². The van der Waals surface area contributed by atoms with Crippen LogP contribution in [0.15, 0.2) is 6.33 Å². The van der Waals surface area contributed by atoms with Crippen LogP contribution in [0, 0.1) is 5.92 Å². The van der Waals surface area contributed by atoms with Crippen LogP contribution in [0.25, 0.3) is 0 Å². The Bertz CT molecular complexity index is 345.